The van der Waals surface area contributed by atoms with Gasteiger partial charge in [0.15, 0.2) is 0 Å². The Morgan fingerprint density at radius 2 is 2.10 bits per heavy atom. The van der Waals surface area contributed by atoms with Gasteiger partial charge in [-0.2, -0.15) is 4.89 Å². The number of hydrogen-bond donors (Lipinski definition) is 2. The lowest BCUT2D eigenvalue weighted by Gasteiger charge is -2.05. The molecule has 0 radical (unpaired) electrons. The zero-order valence-corrected chi connectivity index (χ0v) is 6.76. The Morgan fingerprint density at radius 1 is 1.70 bits per heavy atom. The first kappa shape index (κ1) is 9.53. The van der Waals surface area contributed by atoms with Gasteiger partial charge in [-0.3, -0.25) is 0 Å². The second kappa shape index (κ2) is 3.08. The number of carboxylic acids is 1. The molecule has 0 aromatic carbocycles. The van der Waals surface area contributed by atoms with Crippen molar-refractivity contribution in [1.29, 1.82) is 0 Å². The minimum absolute atomic E-state index is 0.161. The summed E-state index contributed by atoms with van der Waals surface area (Å²) in [7, 11) is -2.64. The lowest BCUT2D eigenvalue weighted by atomic mass is 10.1. The highest BCUT2D eigenvalue weighted by Gasteiger charge is 2.50. The zero-order valence-electron chi connectivity index (χ0n) is 5.87. The molecule has 0 bridgehead atoms. The second-order valence-corrected chi connectivity index (χ2v) is 3.74. The number of carboxylic acid groups (broad SMARTS) is 1. The highest BCUT2D eigenvalue weighted by Crippen LogP contribution is 2.37. The quantitative estimate of drug-likeness (QED) is 0.611. The van der Waals surface area contributed by atoms with Gasteiger partial charge in [0.05, 0.1) is 0 Å². The van der Waals surface area contributed by atoms with Gasteiger partial charge in [0.25, 0.3) is 5.16 Å². The van der Waals surface area contributed by atoms with Crippen molar-refractivity contribution in [2.75, 3.05) is 0 Å². The summed E-state index contributed by atoms with van der Waals surface area (Å²) >= 11 is 0. The molecule has 4 nitrogen and oxygen atoms in total. The van der Waals surface area contributed by atoms with Crippen molar-refractivity contribution < 1.29 is 19.4 Å². The normalized spacial score (nSPS) is 17.7. The molecule has 58 valence electrons. The summed E-state index contributed by atoms with van der Waals surface area (Å²) in [5, 5.41) is 6.98. The average molecular weight is 165 g/mol. The zero-order chi connectivity index (χ0) is 8.36. The minimum Gasteiger partial charge on any atom is -0.478 e. The first-order valence-corrected chi connectivity index (χ1v) is 4.06. The summed E-state index contributed by atoms with van der Waals surface area (Å²) in [5.41, 5.74) is 0. The number of aliphatic carboxylic acids is 1. The summed E-state index contributed by atoms with van der Waals surface area (Å²) in [6.07, 6.45) is 0.161. The molecule has 10 heavy (non-hydrogen) atoms. The van der Waals surface area contributed by atoms with Gasteiger partial charge < -0.3 is 5.11 Å². The Hall–Kier alpha value is -0.470. The lowest BCUT2D eigenvalue weighted by molar-refractivity contribution is -0.139. The monoisotopic (exact) mass is 165 g/mol. The Balaban J connectivity index is 4.55. The third kappa shape index (κ3) is 1.52. The minimum atomic E-state index is -2.64. The van der Waals surface area contributed by atoms with Crippen molar-refractivity contribution in [1.82, 2.24) is 0 Å². The Morgan fingerprint density at radius 3 is 2.10 bits per heavy atom. The topological polar surface area (TPSA) is 74.6 Å². The lowest BCUT2D eigenvalue weighted by Crippen LogP contribution is -2.29. The van der Waals surface area contributed by atoms with E-state index in [1.54, 1.807) is 6.92 Å². The van der Waals surface area contributed by atoms with Gasteiger partial charge >= 0.3 is 14.0 Å². The molecule has 0 heterocycles. The highest BCUT2D eigenvalue weighted by molar-refractivity contribution is 7.41. The molecule has 0 saturated carbocycles. The van der Waals surface area contributed by atoms with E-state index in [1.165, 1.54) is 6.92 Å². The van der Waals surface area contributed by atoms with Crippen molar-refractivity contribution in [3.63, 3.8) is 0 Å². The van der Waals surface area contributed by atoms with E-state index in [-0.39, 0.29) is 6.42 Å². The molecular formula is C5H10O4P+. The molecule has 0 fully saturated rings. The van der Waals surface area contributed by atoms with Crippen LogP contribution in [-0.2, 0) is 9.36 Å². The van der Waals surface area contributed by atoms with Gasteiger partial charge in [0.1, 0.15) is 0 Å². The fraction of sp³-hybridized carbons (Fsp3) is 0.800. The van der Waals surface area contributed by atoms with Crippen LogP contribution in [0.5, 0.6) is 0 Å². The molecule has 0 aromatic rings. The van der Waals surface area contributed by atoms with Crippen molar-refractivity contribution >= 4 is 14.0 Å². The van der Waals surface area contributed by atoms with Gasteiger partial charge in [-0.1, -0.05) is 6.92 Å². The van der Waals surface area contributed by atoms with Gasteiger partial charge in [0, 0.05) is 6.42 Å². The number of hydrogen-bond acceptors (Lipinski definition) is 2. The van der Waals surface area contributed by atoms with Crippen LogP contribution in [-0.4, -0.2) is 21.1 Å². The first-order valence-electron chi connectivity index (χ1n) is 2.84. The van der Waals surface area contributed by atoms with Gasteiger partial charge in [0.2, 0.25) is 0 Å². The van der Waals surface area contributed by atoms with Crippen LogP contribution in [0.15, 0.2) is 0 Å². The van der Waals surface area contributed by atoms with Gasteiger partial charge in [-0.25, -0.2) is 4.79 Å². The maximum atomic E-state index is 10.5. The van der Waals surface area contributed by atoms with E-state index in [0.29, 0.717) is 0 Å². The second-order valence-electron chi connectivity index (χ2n) is 2.21. The van der Waals surface area contributed by atoms with E-state index in [4.69, 9.17) is 10.00 Å². The van der Waals surface area contributed by atoms with E-state index in [2.05, 4.69) is 0 Å². The van der Waals surface area contributed by atoms with Crippen LogP contribution in [0.25, 0.3) is 0 Å². The summed E-state index contributed by atoms with van der Waals surface area (Å²) < 4.78 is 10.5. The van der Waals surface area contributed by atoms with Crippen molar-refractivity contribution in [2.45, 2.75) is 25.4 Å². The summed E-state index contributed by atoms with van der Waals surface area (Å²) in [6.45, 7) is 2.83. The van der Waals surface area contributed by atoms with E-state index < -0.39 is 19.2 Å². The van der Waals surface area contributed by atoms with Gasteiger partial charge in [-0.15, -0.1) is 0 Å². The maximum Gasteiger partial charge on any atom is 0.523 e. The Bertz CT molecular complexity index is 151. The molecule has 2 N–H and O–H groups in total. The molecule has 0 saturated heterocycles. The summed E-state index contributed by atoms with van der Waals surface area (Å²) in [6, 6.07) is 0. The molecular weight excluding hydrogens is 155 g/mol. The third-order valence-corrected chi connectivity index (χ3v) is 2.92. The predicted octanol–water partition coefficient (Wildman–Crippen LogP) is 0.974. The fourth-order valence-corrected chi connectivity index (χ4v) is 0.802. The third-order valence-electron chi connectivity index (χ3n) is 1.57. The largest absolute Gasteiger partial charge is 0.523 e. The number of carbonyl (C=O) groups is 1. The van der Waals surface area contributed by atoms with Crippen LogP contribution in [0, 0.1) is 0 Å². The molecule has 0 amide bonds. The van der Waals surface area contributed by atoms with Crippen molar-refractivity contribution in [3.05, 3.63) is 0 Å². The molecule has 0 aliphatic heterocycles. The fourth-order valence-electron chi connectivity index (χ4n) is 0.368. The van der Waals surface area contributed by atoms with E-state index in [9.17, 15) is 9.36 Å². The van der Waals surface area contributed by atoms with Crippen LogP contribution < -0.4 is 0 Å². The average Bonchev–Trinajstić information content (AvgIpc) is 1.85. The van der Waals surface area contributed by atoms with E-state index >= 15 is 0 Å². The molecule has 2 unspecified atom stereocenters. The molecule has 5 heteroatoms. The summed E-state index contributed by atoms with van der Waals surface area (Å²) in [5.74, 6) is -1.22. The Labute approximate surface area is 59.7 Å². The SMILES string of the molecule is CCC(C)(C(=O)O)[P+](=O)O. The van der Waals surface area contributed by atoms with Crippen LogP contribution in [0.2, 0.25) is 0 Å². The van der Waals surface area contributed by atoms with Gasteiger partial charge in [-0.05, 0) is 11.5 Å². The van der Waals surface area contributed by atoms with Crippen LogP contribution in [0.1, 0.15) is 20.3 Å². The highest BCUT2D eigenvalue weighted by atomic mass is 31.1. The van der Waals surface area contributed by atoms with E-state index in [1.807, 2.05) is 0 Å². The molecule has 0 aliphatic carbocycles. The molecule has 0 spiro atoms. The van der Waals surface area contributed by atoms with Crippen LogP contribution in [0.3, 0.4) is 0 Å². The molecule has 2 atom stereocenters. The maximum absolute atomic E-state index is 10.5. The van der Waals surface area contributed by atoms with Crippen molar-refractivity contribution in [3.8, 4) is 0 Å². The summed E-state index contributed by atoms with van der Waals surface area (Å²) in [4.78, 5) is 18.9. The predicted molar refractivity (Wildman–Crippen MR) is 36.2 cm³/mol. The van der Waals surface area contributed by atoms with Crippen LogP contribution in [0.4, 0.5) is 0 Å². The number of rotatable bonds is 3. The standard InChI is InChI=1S/C5H9O4P/c1-3-5(2,4(6)7)10(8)9/h3H2,1-2H3,(H-,6,7,8,9)/p+1. The van der Waals surface area contributed by atoms with Crippen molar-refractivity contribution in [2.24, 2.45) is 0 Å². The van der Waals surface area contributed by atoms with E-state index in [0.717, 1.165) is 0 Å². The first-order chi connectivity index (χ1) is 4.45. The van der Waals surface area contributed by atoms with Crippen LogP contribution >= 0.6 is 8.03 Å². The molecule has 0 aromatic heterocycles. The Kier molecular flexibility index (Phi) is 2.94. The molecule has 0 rings (SSSR count). The smallest absolute Gasteiger partial charge is 0.478 e. The molecule has 0 aliphatic rings.